The molecule has 1 atom stereocenters. The fourth-order valence-corrected chi connectivity index (χ4v) is 2.28. The number of rotatable bonds is 1. The molecule has 0 bridgehead atoms. The zero-order valence-corrected chi connectivity index (χ0v) is 11.8. The maximum atomic E-state index is 12.1. The number of nitrogens with one attached hydrogen (secondary N) is 1. The van der Waals surface area contributed by atoms with E-state index in [1.807, 2.05) is 20.8 Å². The number of aryl methyl sites for hydroxylation is 2. The Morgan fingerprint density at radius 3 is 2.44 bits per heavy atom. The number of ether oxygens (including phenoxy) is 1. The van der Waals surface area contributed by atoms with E-state index in [0.29, 0.717) is 0 Å². The molecular formula is C15H21NO2. The molecule has 0 fully saturated rings. The van der Waals surface area contributed by atoms with Crippen molar-refractivity contribution in [2.24, 2.45) is 0 Å². The van der Waals surface area contributed by atoms with E-state index in [1.54, 1.807) is 0 Å². The summed E-state index contributed by atoms with van der Waals surface area (Å²) >= 11 is 0. The number of carbonyl (C=O) groups excluding carboxylic acids is 1. The van der Waals surface area contributed by atoms with E-state index in [4.69, 9.17) is 4.74 Å². The first-order chi connectivity index (χ1) is 8.28. The second-order valence-corrected chi connectivity index (χ2v) is 5.99. The molecular weight excluding hydrogens is 226 g/mol. The third kappa shape index (κ3) is 2.50. The second kappa shape index (κ2) is 4.30. The molecule has 1 aromatic rings. The second-order valence-electron chi connectivity index (χ2n) is 5.99. The molecule has 2 rings (SSSR count). The van der Waals surface area contributed by atoms with Gasteiger partial charge in [0, 0.05) is 12.1 Å². The van der Waals surface area contributed by atoms with Crippen molar-refractivity contribution in [2.75, 3.05) is 5.32 Å². The van der Waals surface area contributed by atoms with Crippen LogP contribution in [0.1, 0.15) is 37.5 Å². The van der Waals surface area contributed by atoms with Crippen LogP contribution in [0, 0.1) is 13.8 Å². The molecule has 0 saturated heterocycles. The number of carbonyl (C=O) groups is 1. The molecule has 1 aliphatic rings. The van der Waals surface area contributed by atoms with Crippen LogP contribution in [0.25, 0.3) is 0 Å². The highest BCUT2D eigenvalue weighted by molar-refractivity contribution is 5.84. The summed E-state index contributed by atoms with van der Waals surface area (Å²) in [6, 6.07) is 3.94. The maximum Gasteiger partial charge on any atom is 0.329 e. The van der Waals surface area contributed by atoms with E-state index in [-0.39, 0.29) is 12.0 Å². The van der Waals surface area contributed by atoms with Gasteiger partial charge in [0.2, 0.25) is 0 Å². The van der Waals surface area contributed by atoms with E-state index in [0.717, 1.165) is 12.1 Å². The molecule has 1 N–H and O–H groups in total. The van der Waals surface area contributed by atoms with Crippen LogP contribution < -0.4 is 5.32 Å². The van der Waals surface area contributed by atoms with E-state index in [2.05, 4.69) is 31.3 Å². The quantitative estimate of drug-likeness (QED) is 0.775. The minimum Gasteiger partial charge on any atom is -0.458 e. The summed E-state index contributed by atoms with van der Waals surface area (Å²) in [5, 5.41) is 3.29. The molecule has 98 valence electrons. The van der Waals surface area contributed by atoms with Crippen LogP contribution in [0.2, 0.25) is 0 Å². The van der Waals surface area contributed by atoms with E-state index < -0.39 is 5.60 Å². The topological polar surface area (TPSA) is 38.3 Å². The van der Waals surface area contributed by atoms with Gasteiger partial charge >= 0.3 is 5.97 Å². The fraction of sp³-hybridized carbons (Fsp3) is 0.533. The minimum atomic E-state index is -0.433. The summed E-state index contributed by atoms with van der Waals surface area (Å²) in [6.07, 6.45) is 0.720. The molecule has 1 aromatic carbocycles. The lowest BCUT2D eigenvalue weighted by atomic mass is 10.0. The Labute approximate surface area is 109 Å². The number of hydrogen-bond acceptors (Lipinski definition) is 3. The highest BCUT2D eigenvalue weighted by Crippen LogP contribution is 2.32. The number of benzene rings is 1. The fourth-order valence-electron chi connectivity index (χ4n) is 2.28. The summed E-state index contributed by atoms with van der Waals surface area (Å²) in [4.78, 5) is 12.1. The van der Waals surface area contributed by atoms with Gasteiger partial charge in [0.25, 0.3) is 0 Å². The van der Waals surface area contributed by atoms with Gasteiger partial charge in [-0.15, -0.1) is 0 Å². The van der Waals surface area contributed by atoms with Crippen LogP contribution in [-0.2, 0) is 16.0 Å². The van der Waals surface area contributed by atoms with Crippen molar-refractivity contribution in [1.82, 2.24) is 0 Å². The molecule has 0 spiro atoms. The van der Waals surface area contributed by atoms with Crippen LogP contribution in [0.4, 0.5) is 5.69 Å². The van der Waals surface area contributed by atoms with Crippen LogP contribution >= 0.6 is 0 Å². The third-order valence-corrected chi connectivity index (χ3v) is 3.17. The number of hydrogen-bond donors (Lipinski definition) is 1. The Kier molecular flexibility index (Phi) is 3.09. The average molecular weight is 247 g/mol. The normalized spacial score (nSPS) is 18.2. The lowest BCUT2D eigenvalue weighted by molar-refractivity contribution is -0.155. The van der Waals surface area contributed by atoms with Gasteiger partial charge in [0.1, 0.15) is 11.6 Å². The number of fused-ring (bicyclic) bond motifs is 1. The molecule has 0 saturated carbocycles. The lowest BCUT2D eigenvalue weighted by Gasteiger charge is -2.22. The van der Waals surface area contributed by atoms with Gasteiger partial charge in [0.15, 0.2) is 0 Å². The van der Waals surface area contributed by atoms with Gasteiger partial charge in [0.05, 0.1) is 0 Å². The van der Waals surface area contributed by atoms with E-state index >= 15 is 0 Å². The summed E-state index contributed by atoms with van der Waals surface area (Å²) < 4.78 is 5.43. The van der Waals surface area contributed by atoms with E-state index in [9.17, 15) is 4.79 Å². The molecule has 0 aromatic heterocycles. The molecule has 0 radical (unpaired) electrons. The Bertz CT molecular complexity index is 455. The summed E-state index contributed by atoms with van der Waals surface area (Å²) in [5.74, 6) is -0.169. The van der Waals surface area contributed by atoms with Gasteiger partial charge in [-0.3, -0.25) is 0 Å². The highest BCUT2D eigenvalue weighted by atomic mass is 16.6. The molecule has 1 heterocycles. The first kappa shape index (κ1) is 12.9. The summed E-state index contributed by atoms with van der Waals surface area (Å²) in [7, 11) is 0. The summed E-state index contributed by atoms with van der Waals surface area (Å²) in [5.41, 5.74) is 4.32. The van der Waals surface area contributed by atoms with Crippen molar-refractivity contribution in [1.29, 1.82) is 0 Å². The van der Waals surface area contributed by atoms with Gasteiger partial charge < -0.3 is 10.1 Å². The third-order valence-electron chi connectivity index (χ3n) is 3.17. The zero-order chi connectivity index (χ0) is 13.5. The largest absolute Gasteiger partial charge is 0.458 e. The van der Waals surface area contributed by atoms with Crippen LogP contribution in [0.3, 0.4) is 0 Å². The first-order valence-electron chi connectivity index (χ1n) is 6.36. The van der Waals surface area contributed by atoms with Gasteiger partial charge in [-0.2, -0.15) is 0 Å². The standard InChI is InChI=1S/C15H21NO2/c1-9-6-7-10(2)13-11(9)8-12(16-13)14(17)18-15(3,4)5/h6-7,12,16H,8H2,1-5H3/t12-/m0/s1. The first-order valence-corrected chi connectivity index (χ1v) is 6.36. The predicted octanol–water partition coefficient (Wildman–Crippen LogP) is 2.98. The van der Waals surface area contributed by atoms with Gasteiger partial charge in [-0.05, 0) is 51.3 Å². The number of anilines is 1. The van der Waals surface area contributed by atoms with Crippen molar-refractivity contribution >= 4 is 11.7 Å². The van der Waals surface area contributed by atoms with Crippen LogP contribution in [0.15, 0.2) is 12.1 Å². The Balaban J connectivity index is 2.18. The van der Waals surface area contributed by atoms with Crippen molar-refractivity contribution in [3.63, 3.8) is 0 Å². The van der Waals surface area contributed by atoms with Crippen molar-refractivity contribution in [3.8, 4) is 0 Å². The Morgan fingerprint density at radius 2 is 1.89 bits per heavy atom. The molecule has 0 unspecified atom stereocenters. The van der Waals surface area contributed by atoms with E-state index in [1.165, 1.54) is 16.7 Å². The van der Waals surface area contributed by atoms with Crippen LogP contribution in [0.5, 0.6) is 0 Å². The highest BCUT2D eigenvalue weighted by Gasteiger charge is 2.32. The zero-order valence-electron chi connectivity index (χ0n) is 11.8. The molecule has 3 nitrogen and oxygen atoms in total. The Morgan fingerprint density at radius 1 is 1.28 bits per heavy atom. The molecule has 18 heavy (non-hydrogen) atoms. The van der Waals surface area contributed by atoms with Crippen LogP contribution in [-0.4, -0.2) is 17.6 Å². The maximum absolute atomic E-state index is 12.1. The number of esters is 1. The SMILES string of the molecule is Cc1ccc(C)c2c1C[C@@H](C(=O)OC(C)(C)C)N2. The molecule has 0 aliphatic carbocycles. The smallest absolute Gasteiger partial charge is 0.329 e. The van der Waals surface area contributed by atoms with Crippen molar-refractivity contribution < 1.29 is 9.53 Å². The van der Waals surface area contributed by atoms with Gasteiger partial charge in [-0.25, -0.2) is 4.79 Å². The molecule has 3 heteroatoms. The molecule has 1 aliphatic heterocycles. The minimum absolute atomic E-state index is 0.169. The molecule has 0 amide bonds. The monoisotopic (exact) mass is 247 g/mol. The average Bonchev–Trinajstić information content (AvgIpc) is 2.67. The Hall–Kier alpha value is -1.51. The van der Waals surface area contributed by atoms with Crippen molar-refractivity contribution in [2.45, 2.75) is 52.7 Å². The predicted molar refractivity (Wildman–Crippen MR) is 72.9 cm³/mol. The van der Waals surface area contributed by atoms with Gasteiger partial charge in [-0.1, -0.05) is 12.1 Å². The summed E-state index contributed by atoms with van der Waals surface area (Å²) in [6.45, 7) is 9.82. The van der Waals surface area contributed by atoms with Crippen molar-refractivity contribution in [3.05, 3.63) is 28.8 Å². The lowest BCUT2D eigenvalue weighted by Crippen LogP contribution is -2.35.